The molecule has 3 heteroatoms. The van der Waals surface area contributed by atoms with Gasteiger partial charge in [0.1, 0.15) is 11.2 Å². The lowest BCUT2D eigenvalue weighted by molar-refractivity contribution is 0.669. The van der Waals surface area contributed by atoms with Gasteiger partial charge in [0.15, 0.2) is 0 Å². The molecule has 0 fully saturated rings. The molecule has 8 aromatic rings. The average Bonchev–Trinajstić information content (AvgIpc) is 3.86. The van der Waals surface area contributed by atoms with Gasteiger partial charge in [-0.15, -0.1) is 21.9 Å². The van der Waals surface area contributed by atoms with Crippen LogP contribution < -0.4 is 5.30 Å². The fourth-order valence-corrected chi connectivity index (χ4v) is 9.04. The van der Waals surface area contributed by atoms with E-state index in [1.54, 1.807) is 0 Å². The van der Waals surface area contributed by atoms with E-state index < -0.39 is 0 Å². The summed E-state index contributed by atoms with van der Waals surface area (Å²) in [6, 6.07) is 57.3. The highest BCUT2D eigenvalue weighted by Gasteiger charge is 2.15. The van der Waals surface area contributed by atoms with Crippen LogP contribution in [0.25, 0.3) is 83.2 Å². The second kappa shape index (κ2) is 14.6. The van der Waals surface area contributed by atoms with Crippen molar-refractivity contribution in [3.05, 3.63) is 204 Å². The van der Waals surface area contributed by atoms with Crippen molar-refractivity contribution in [2.24, 2.45) is 0 Å². The first kappa shape index (κ1) is 34.6. The van der Waals surface area contributed by atoms with Crippen LogP contribution in [-0.4, -0.2) is 0 Å². The Balaban J connectivity index is 0.957. The van der Waals surface area contributed by atoms with Crippen LogP contribution in [0.3, 0.4) is 0 Å². The van der Waals surface area contributed by atoms with E-state index in [0.717, 1.165) is 51.7 Å². The van der Waals surface area contributed by atoms with Crippen LogP contribution >= 0.6 is 21.9 Å². The number of hydrogen-bond donors (Lipinski definition) is 1. The predicted octanol–water partition coefficient (Wildman–Crippen LogP) is 14.6. The van der Waals surface area contributed by atoms with Crippen LogP contribution in [0.2, 0.25) is 0 Å². The highest BCUT2D eigenvalue weighted by Crippen LogP contribution is 2.39. The standard InChI is InChI=1S/C53H39OPS/c55-52-21-2-1-19-46(52)44-17-6-15-40(30-44)37-12-5-14-39(29-37)43-24-26-51-49(33-43)48-32-42(23-25-50(48)54-51)38-13-4-10-35(28-38)34-9-3-11-36(27-34)41-16-7-18-45(31-41)47-20-8-22-53(47)56/h1-5,7-16,18-19,21-33,56H,6,17,20,55H2. The molecule has 2 aliphatic rings. The Morgan fingerprint density at radius 1 is 0.500 bits per heavy atom. The first-order valence-electron chi connectivity index (χ1n) is 19.3. The smallest absolute Gasteiger partial charge is 0.135 e. The minimum atomic E-state index is 0.898. The molecule has 1 aromatic heterocycles. The number of furan rings is 1. The third-order valence-corrected chi connectivity index (χ3v) is 12.2. The number of hydrogen-bond acceptors (Lipinski definition) is 2. The summed E-state index contributed by atoms with van der Waals surface area (Å²) in [4.78, 5) is 1.05. The molecule has 7 aromatic carbocycles. The Bertz CT molecular complexity index is 2970. The molecule has 2 aliphatic carbocycles. The Morgan fingerprint density at radius 2 is 1.00 bits per heavy atom. The zero-order chi connectivity index (χ0) is 37.6. The second-order valence-electron chi connectivity index (χ2n) is 14.8. The summed E-state index contributed by atoms with van der Waals surface area (Å²) >= 11 is 4.69. The van der Waals surface area contributed by atoms with Gasteiger partial charge in [0.25, 0.3) is 0 Å². The van der Waals surface area contributed by atoms with Gasteiger partial charge in [-0.05, 0) is 151 Å². The predicted molar refractivity (Wildman–Crippen MR) is 246 cm³/mol. The molecule has 0 aliphatic heterocycles. The van der Waals surface area contributed by atoms with Crippen molar-refractivity contribution in [1.29, 1.82) is 0 Å². The molecule has 0 amide bonds. The van der Waals surface area contributed by atoms with E-state index in [1.807, 2.05) is 0 Å². The second-order valence-corrected chi connectivity index (χ2v) is 15.9. The molecule has 268 valence electrons. The summed E-state index contributed by atoms with van der Waals surface area (Å²) in [6.45, 7) is 0. The van der Waals surface area contributed by atoms with E-state index >= 15 is 0 Å². The van der Waals surface area contributed by atoms with E-state index in [1.165, 1.54) is 77.7 Å². The third-order valence-electron chi connectivity index (χ3n) is 11.3. The van der Waals surface area contributed by atoms with Gasteiger partial charge in [-0.25, -0.2) is 0 Å². The summed E-state index contributed by atoms with van der Waals surface area (Å²) in [7, 11) is 2.90. The third kappa shape index (κ3) is 6.60. The average molecular weight is 755 g/mol. The molecule has 0 radical (unpaired) electrons. The first-order valence-corrected chi connectivity index (χ1v) is 20.3. The molecular weight excluding hydrogens is 716 g/mol. The van der Waals surface area contributed by atoms with Crippen LogP contribution in [0.4, 0.5) is 0 Å². The molecule has 0 bridgehead atoms. The molecule has 0 spiro atoms. The number of thiol groups is 1. The number of benzene rings is 7. The summed E-state index contributed by atoms with van der Waals surface area (Å²) in [5.41, 5.74) is 19.1. The van der Waals surface area contributed by atoms with Crippen molar-refractivity contribution in [1.82, 2.24) is 0 Å². The lowest BCUT2D eigenvalue weighted by Crippen LogP contribution is -2.02. The van der Waals surface area contributed by atoms with E-state index in [4.69, 9.17) is 17.0 Å². The maximum Gasteiger partial charge on any atom is 0.135 e. The van der Waals surface area contributed by atoms with E-state index in [-0.39, 0.29) is 0 Å². The van der Waals surface area contributed by atoms with E-state index in [0.29, 0.717) is 0 Å². The minimum Gasteiger partial charge on any atom is -0.456 e. The van der Waals surface area contributed by atoms with Crippen molar-refractivity contribution >= 4 is 65.8 Å². The van der Waals surface area contributed by atoms with Crippen LogP contribution in [0.5, 0.6) is 0 Å². The molecule has 1 heterocycles. The van der Waals surface area contributed by atoms with E-state index in [2.05, 4.69) is 191 Å². The van der Waals surface area contributed by atoms with Gasteiger partial charge in [0.05, 0.1) is 0 Å². The number of rotatable bonds is 7. The molecular formula is C53H39OPS. The van der Waals surface area contributed by atoms with Crippen molar-refractivity contribution < 1.29 is 4.42 Å². The molecule has 0 saturated heterocycles. The molecule has 0 N–H and O–H groups in total. The van der Waals surface area contributed by atoms with Crippen molar-refractivity contribution in [2.75, 3.05) is 0 Å². The quantitative estimate of drug-likeness (QED) is 0.126. The monoisotopic (exact) mass is 754 g/mol. The van der Waals surface area contributed by atoms with Crippen molar-refractivity contribution in [3.63, 3.8) is 0 Å². The zero-order valence-electron chi connectivity index (χ0n) is 30.9. The topological polar surface area (TPSA) is 13.1 Å². The van der Waals surface area contributed by atoms with Crippen LogP contribution in [0.15, 0.2) is 191 Å². The van der Waals surface area contributed by atoms with Gasteiger partial charge < -0.3 is 4.42 Å². The molecule has 1 nitrogen and oxygen atoms in total. The summed E-state index contributed by atoms with van der Waals surface area (Å²) in [5.74, 6) is 0. The van der Waals surface area contributed by atoms with Crippen LogP contribution in [-0.2, 0) is 0 Å². The largest absolute Gasteiger partial charge is 0.456 e. The molecule has 0 saturated carbocycles. The van der Waals surface area contributed by atoms with Crippen LogP contribution in [0.1, 0.15) is 36.0 Å². The van der Waals surface area contributed by atoms with Gasteiger partial charge >= 0.3 is 0 Å². The Labute approximate surface area is 336 Å². The minimum absolute atomic E-state index is 0.898. The molecule has 10 rings (SSSR count). The number of allylic oxidation sites excluding steroid dienone is 7. The molecule has 1 atom stereocenters. The normalized spacial score (nSPS) is 14.1. The van der Waals surface area contributed by atoms with Gasteiger partial charge in [-0.1, -0.05) is 133 Å². The van der Waals surface area contributed by atoms with Gasteiger partial charge in [-0.2, -0.15) is 0 Å². The summed E-state index contributed by atoms with van der Waals surface area (Å²) < 4.78 is 6.38. The van der Waals surface area contributed by atoms with Gasteiger partial charge in [0, 0.05) is 15.7 Å². The van der Waals surface area contributed by atoms with Gasteiger partial charge in [-0.3, -0.25) is 0 Å². The summed E-state index contributed by atoms with van der Waals surface area (Å²) in [5, 5.41) is 3.50. The highest BCUT2D eigenvalue weighted by atomic mass is 32.1. The van der Waals surface area contributed by atoms with Gasteiger partial charge in [0.2, 0.25) is 0 Å². The Hall–Kier alpha value is -5.92. The first-order chi connectivity index (χ1) is 27.5. The molecule has 56 heavy (non-hydrogen) atoms. The lowest BCUT2D eigenvalue weighted by atomic mass is 9.89. The zero-order valence-corrected chi connectivity index (χ0v) is 32.9. The van der Waals surface area contributed by atoms with E-state index in [9.17, 15) is 0 Å². The Morgan fingerprint density at radius 3 is 1.55 bits per heavy atom. The highest BCUT2D eigenvalue weighted by molar-refractivity contribution is 7.85. The lowest BCUT2D eigenvalue weighted by Gasteiger charge is -2.17. The number of fused-ring (bicyclic) bond motifs is 3. The Kier molecular flexibility index (Phi) is 9.03. The fourth-order valence-electron chi connectivity index (χ4n) is 8.32. The SMILES string of the molecule is Pc1ccccc1C1=CC(c2cccc(-c3ccc4oc5ccc(-c6cccc(-c7cccc(-c8cccc(C9=C(S)C=CC9)c8)c7)c6)cc5c4c3)c2)=CCC1. The maximum atomic E-state index is 6.38. The summed E-state index contributed by atoms with van der Waals surface area (Å²) in [6.07, 6.45) is 12.0. The molecule has 1 unspecified atom stereocenters. The maximum absolute atomic E-state index is 6.38. The van der Waals surface area contributed by atoms with Crippen molar-refractivity contribution in [2.45, 2.75) is 19.3 Å². The van der Waals surface area contributed by atoms with Crippen molar-refractivity contribution in [3.8, 4) is 44.5 Å². The van der Waals surface area contributed by atoms with Crippen LogP contribution in [0, 0.1) is 0 Å². The fraction of sp³-hybridized carbons (Fsp3) is 0.0566.